The highest BCUT2D eigenvalue weighted by Gasteiger charge is 2.43. The molecule has 23 heavy (non-hydrogen) atoms. The van der Waals surface area contributed by atoms with E-state index in [9.17, 15) is 4.79 Å². The van der Waals surface area contributed by atoms with E-state index in [0.29, 0.717) is 5.92 Å². The summed E-state index contributed by atoms with van der Waals surface area (Å²) < 4.78 is 5.62. The normalized spacial score (nSPS) is 20.6. The molecule has 0 spiro atoms. The molecular formula is C18H29N3O2. The second-order valence-electron chi connectivity index (χ2n) is 7.00. The number of ether oxygens (including phenoxy) is 1. The summed E-state index contributed by atoms with van der Waals surface area (Å²) >= 11 is 0. The minimum absolute atomic E-state index is 0.147. The average Bonchev–Trinajstić information content (AvgIpc) is 2.52. The molecule has 1 aromatic carbocycles. The number of hydrogen-bond acceptors (Lipinski definition) is 4. The fourth-order valence-corrected chi connectivity index (χ4v) is 3.94. The molecule has 0 radical (unpaired) electrons. The van der Waals surface area contributed by atoms with E-state index in [1.54, 1.807) is 7.11 Å². The summed E-state index contributed by atoms with van der Waals surface area (Å²) in [6.07, 6.45) is 2.63. The van der Waals surface area contributed by atoms with Crippen molar-refractivity contribution in [3.8, 4) is 5.75 Å². The van der Waals surface area contributed by atoms with Gasteiger partial charge in [0.15, 0.2) is 0 Å². The topological polar surface area (TPSA) is 67.6 Å². The number of benzene rings is 1. The Bertz CT molecular complexity index is 571. The number of rotatable bonds is 5. The minimum atomic E-state index is -0.303. The van der Waals surface area contributed by atoms with Crippen LogP contribution in [0.3, 0.4) is 0 Å². The number of methoxy groups -OCH3 is 1. The number of nitrogens with zero attached hydrogens (tertiary/aromatic N) is 1. The molecule has 1 aromatic rings. The molecule has 5 heteroatoms. The summed E-state index contributed by atoms with van der Waals surface area (Å²) in [4.78, 5) is 14.7. The van der Waals surface area contributed by atoms with Crippen LogP contribution in [0.2, 0.25) is 0 Å². The second kappa shape index (κ2) is 6.79. The molecule has 0 fully saturated rings. The van der Waals surface area contributed by atoms with Gasteiger partial charge < -0.3 is 9.64 Å². The highest BCUT2D eigenvalue weighted by Crippen LogP contribution is 2.49. The number of carbonyl (C=O) groups is 1. The first-order valence-corrected chi connectivity index (χ1v) is 8.34. The average molecular weight is 319 g/mol. The molecule has 2 atom stereocenters. The smallest absolute Gasteiger partial charge is 0.256 e. The van der Waals surface area contributed by atoms with Crippen LogP contribution in [0.25, 0.3) is 0 Å². The Morgan fingerprint density at radius 3 is 2.78 bits per heavy atom. The third-order valence-corrected chi connectivity index (χ3v) is 4.80. The van der Waals surface area contributed by atoms with Crippen molar-refractivity contribution in [3.05, 3.63) is 23.8 Å². The van der Waals surface area contributed by atoms with Gasteiger partial charge in [0.05, 0.1) is 12.8 Å². The zero-order chi connectivity index (χ0) is 17.2. The summed E-state index contributed by atoms with van der Waals surface area (Å²) in [5.41, 5.74) is 4.44. The van der Waals surface area contributed by atoms with Crippen molar-refractivity contribution in [1.82, 2.24) is 5.43 Å². The monoisotopic (exact) mass is 319 g/mol. The van der Waals surface area contributed by atoms with Gasteiger partial charge in [-0.3, -0.25) is 10.2 Å². The third kappa shape index (κ3) is 3.15. The Morgan fingerprint density at radius 1 is 1.52 bits per heavy atom. The van der Waals surface area contributed by atoms with E-state index in [4.69, 9.17) is 10.6 Å². The maximum atomic E-state index is 12.5. The van der Waals surface area contributed by atoms with E-state index in [-0.39, 0.29) is 17.5 Å². The Morgan fingerprint density at radius 2 is 2.22 bits per heavy atom. The number of fused-ring (bicyclic) bond motifs is 1. The van der Waals surface area contributed by atoms with Crippen molar-refractivity contribution >= 4 is 11.6 Å². The van der Waals surface area contributed by atoms with Crippen LogP contribution in [0, 0.1) is 0 Å². The van der Waals surface area contributed by atoms with E-state index < -0.39 is 0 Å². The van der Waals surface area contributed by atoms with Gasteiger partial charge in [0.2, 0.25) is 0 Å². The summed E-state index contributed by atoms with van der Waals surface area (Å²) in [6, 6.07) is 5.81. The van der Waals surface area contributed by atoms with Crippen LogP contribution >= 0.6 is 0 Å². The van der Waals surface area contributed by atoms with Crippen LogP contribution in [0.1, 0.15) is 58.4 Å². The highest BCUT2D eigenvalue weighted by molar-refractivity contribution is 5.87. The molecule has 0 aromatic heterocycles. The molecule has 2 rings (SSSR count). The van der Waals surface area contributed by atoms with Crippen molar-refractivity contribution in [2.24, 2.45) is 5.84 Å². The number of nitrogens with one attached hydrogen (secondary N) is 1. The number of anilines is 1. The van der Waals surface area contributed by atoms with Crippen LogP contribution < -0.4 is 20.9 Å². The molecule has 1 aliphatic heterocycles. The number of hydrazine groups is 1. The number of carbonyl (C=O) groups excluding carboxylic acids is 1. The first kappa shape index (κ1) is 17.6. The van der Waals surface area contributed by atoms with Gasteiger partial charge in [-0.25, -0.2) is 5.84 Å². The zero-order valence-electron chi connectivity index (χ0n) is 14.8. The van der Waals surface area contributed by atoms with Crippen LogP contribution in [0.4, 0.5) is 5.69 Å². The summed E-state index contributed by atoms with van der Waals surface area (Å²) in [5, 5.41) is 0. The first-order valence-electron chi connectivity index (χ1n) is 8.34. The van der Waals surface area contributed by atoms with E-state index in [1.807, 2.05) is 12.1 Å². The highest BCUT2D eigenvalue weighted by atomic mass is 16.5. The number of nitrogens with two attached hydrogens (primary N) is 1. The van der Waals surface area contributed by atoms with Crippen molar-refractivity contribution in [3.63, 3.8) is 0 Å². The van der Waals surface area contributed by atoms with Crippen molar-refractivity contribution < 1.29 is 9.53 Å². The van der Waals surface area contributed by atoms with Gasteiger partial charge in [-0.15, -0.1) is 0 Å². The van der Waals surface area contributed by atoms with E-state index in [2.05, 4.69) is 44.1 Å². The molecule has 0 bridgehead atoms. The van der Waals surface area contributed by atoms with E-state index in [0.717, 1.165) is 30.7 Å². The molecular weight excluding hydrogens is 290 g/mol. The Kier molecular flexibility index (Phi) is 5.19. The van der Waals surface area contributed by atoms with Crippen molar-refractivity contribution in [1.29, 1.82) is 0 Å². The predicted octanol–water partition coefficient (Wildman–Crippen LogP) is 2.95. The summed E-state index contributed by atoms with van der Waals surface area (Å²) in [6.45, 7) is 8.69. The molecule has 0 unspecified atom stereocenters. The van der Waals surface area contributed by atoms with E-state index in [1.165, 1.54) is 5.56 Å². The van der Waals surface area contributed by atoms with Crippen LogP contribution in [0.15, 0.2) is 18.2 Å². The van der Waals surface area contributed by atoms with Gasteiger partial charge in [-0.05, 0) is 44.2 Å². The molecule has 1 heterocycles. The van der Waals surface area contributed by atoms with Crippen molar-refractivity contribution in [2.75, 3.05) is 12.0 Å². The largest absolute Gasteiger partial charge is 0.495 e. The Labute approximate surface area is 139 Å². The van der Waals surface area contributed by atoms with Crippen LogP contribution in [0.5, 0.6) is 5.75 Å². The van der Waals surface area contributed by atoms with E-state index >= 15 is 0 Å². The van der Waals surface area contributed by atoms with Crippen LogP contribution in [-0.4, -0.2) is 24.6 Å². The van der Waals surface area contributed by atoms with Gasteiger partial charge in [0.25, 0.3) is 5.91 Å². The number of amides is 1. The van der Waals surface area contributed by atoms with Crippen molar-refractivity contribution in [2.45, 2.75) is 64.5 Å². The number of para-hydroxylation sites is 1. The minimum Gasteiger partial charge on any atom is -0.495 e. The lowest BCUT2D eigenvalue weighted by Gasteiger charge is -2.51. The summed E-state index contributed by atoms with van der Waals surface area (Å²) in [5.74, 6) is 6.54. The Balaban J connectivity index is 2.64. The SMILES string of the molecule is CCC[C@@H](C(=O)NN)N1c2c(OC)cccc2[C@@H](C)CC1(C)C. The lowest BCUT2D eigenvalue weighted by molar-refractivity contribution is -0.123. The third-order valence-electron chi connectivity index (χ3n) is 4.80. The molecule has 0 saturated carbocycles. The zero-order valence-corrected chi connectivity index (χ0v) is 14.8. The second-order valence-corrected chi connectivity index (χ2v) is 7.00. The lowest BCUT2D eigenvalue weighted by Crippen LogP contribution is -2.59. The van der Waals surface area contributed by atoms with Gasteiger partial charge in [-0.2, -0.15) is 0 Å². The lowest BCUT2D eigenvalue weighted by atomic mass is 9.78. The summed E-state index contributed by atoms with van der Waals surface area (Å²) in [7, 11) is 1.68. The maximum absolute atomic E-state index is 12.5. The fraction of sp³-hybridized carbons (Fsp3) is 0.611. The molecule has 1 aliphatic rings. The van der Waals surface area contributed by atoms with Crippen LogP contribution in [-0.2, 0) is 4.79 Å². The quantitative estimate of drug-likeness (QED) is 0.497. The Hall–Kier alpha value is -1.75. The van der Waals surface area contributed by atoms with Gasteiger partial charge in [-0.1, -0.05) is 32.4 Å². The predicted molar refractivity (Wildman–Crippen MR) is 93.6 cm³/mol. The van der Waals surface area contributed by atoms with Gasteiger partial charge >= 0.3 is 0 Å². The van der Waals surface area contributed by atoms with Gasteiger partial charge in [0, 0.05) is 5.54 Å². The molecule has 128 valence electrons. The first-order chi connectivity index (χ1) is 10.9. The number of hydrogen-bond donors (Lipinski definition) is 2. The molecule has 5 nitrogen and oxygen atoms in total. The molecule has 1 amide bonds. The fourth-order valence-electron chi connectivity index (χ4n) is 3.94. The molecule has 0 aliphatic carbocycles. The van der Waals surface area contributed by atoms with Gasteiger partial charge in [0.1, 0.15) is 11.8 Å². The maximum Gasteiger partial charge on any atom is 0.256 e. The molecule has 3 N–H and O–H groups in total. The standard InChI is InChI=1S/C18H29N3O2/c1-6-8-14(17(22)20-19)21-16-13(9-7-10-15(16)23-5)12(2)11-18(21,3)4/h7,9-10,12,14H,6,8,11,19H2,1-5H3,(H,20,22)/t12-,14-/m0/s1. The molecule has 0 saturated heterocycles.